The molecule has 1 aliphatic rings. The average Bonchev–Trinajstić information content (AvgIpc) is 3.00. The van der Waals surface area contributed by atoms with E-state index in [-0.39, 0.29) is 12.6 Å². The van der Waals surface area contributed by atoms with Crippen LogP contribution in [0.5, 0.6) is 5.75 Å². The van der Waals surface area contributed by atoms with Crippen LogP contribution in [0, 0.1) is 0 Å². The quantitative estimate of drug-likeness (QED) is 0.757. The number of hydrogen-bond donors (Lipinski definition) is 0. The molecule has 1 saturated heterocycles. The molecule has 25 heavy (non-hydrogen) atoms. The van der Waals surface area contributed by atoms with Crippen LogP contribution in [0.3, 0.4) is 0 Å². The Morgan fingerprint density at radius 1 is 1.16 bits per heavy atom. The second-order valence-electron chi connectivity index (χ2n) is 6.06. The molecule has 0 saturated carbocycles. The first-order valence-corrected chi connectivity index (χ1v) is 8.60. The van der Waals surface area contributed by atoms with E-state index in [0.29, 0.717) is 5.69 Å². The van der Waals surface area contributed by atoms with Gasteiger partial charge in [-0.1, -0.05) is 24.3 Å². The molecule has 6 nitrogen and oxygen atoms in total. The predicted molar refractivity (Wildman–Crippen MR) is 96.5 cm³/mol. The third-order valence-corrected chi connectivity index (χ3v) is 4.23. The van der Waals surface area contributed by atoms with Gasteiger partial charge in [0.25, 0.3) is 5.91 Å². The van der Waals surface area contributed by atoms with Gasteiger partial charge >= 0.3 is 0 Å². The fourth-order valence-electron chi connectivity index (χ4n) is 2.91. The number of carbonyl (C=O) groups excluding carboxylic acids is 1. The van der Waals surface area contributed by atoms with Gasteiger partial charge in [0.05, 0.1) is 0 Å². The Morgan fingerprint density at radius 2 is 2.00 bits per heavy atom. The highest BCUT2D eigenvalue weighted by Gasteiger charge is 2.21. The van der Waals surface area contributed by atoms with Gasteiger partial charge < -0.3 is 9.64 Å². The van der Waals surface area contributed by atoms with Crippen molar-refractivity contribution < 1.29 is 9.53 Å². The van der Waals surface area contributed by atoms with Gasteiger partial charge in [-0.05, 0) is 24.6 Å². The van der Waals surface area contributed by atoms with Crippen LogP contribution in [0.1, 0.15) is 16.9 Å². The van der Waals surface area contributed by atoms with Crippen molar-refractivity contribution in [2.24, 2.45) is 0 Å². The molecule has 1 aromatic heterocycles. The Bertz CT molecular complexity index is 698. The van der Waals surface area contributed by atoms with Gasteiger partial charge in [-0.3, -0.25) is 9.69 Å². The number of carbonyl (C=O) groups is 1. The molecular formula is C19H24N4O2. The van der Waals surface area contributed by atoms with Crippen LogP contribution in [-0.2, 0) is 6.73 Å². The lowest BCUT2D eigenvalue weighted by Crippen LogP contribution is -2.35. The van der Waals surface area contributed by atoms with E-state index in [0.717, 1.165) is 44.9 Å². The maximum Gasteiger partial charge on any atom is 0.274 e. The third kappa shape index (κ3) is 4.70. The molecule has 0 aliphatic carbocycles. The minimum atomic E-state index is -0.0149. The SMILES string of the molecule is C=CCN1CCCN(C(=O)c2ccn(COc3ccccc3)n2)CC1. The van der Waals surface area contributed by atoms with Gasteiger partial charge in [0, 0.05) is 38.9 Å². The number of para-hydroxylation sites is 1. The normalized spacial score (nSPS) is 15.6. The minimum Gasteiger partial charge on any atom is -0.471 e. The number of nitrogens with zero attached hydrogens (tertiary/aromatic N) is 4. The molecule has 1 amide bonds. The van der Waals surface area contributed by atoms with Crippen LogP contribution in [0.4, 0.5) is 0 Å². The summed E-state index contributed by atoms with van der Waals surface area (Å²) in [6, 6.07) is 11.3. The van der Waals surface area contributed by atoms with E-state index in [2.05, 4.69) is 16.6 Å². The number of ether oxygens (including phenoxy) is 1. The highest BCUT2D eigenvalue weighted by molar-refractivity contribution is 5.92. The van der Waals surface area contributed by atoms with Gasteiger partial charge in [-0.2, -0.15) is 5.10 Å². The highest BCUT2D eigenvalue weighted by Crippen LogP contribution is 2.11. The van der Waals surface area contributed by atoms with E-state index in [1.54, 1.807) is 16.9 Å². The van der Waals surface area contributed by atoms with Crippen LogP contribution in [0.15, 0.2) is 55.3 Å². The van der Waals surface area contributed by atoms with Crippen molar-refractivity contribution in [2.45, 2.75) is 13.2 Å². The van der Waals surface area contributed by atoms with Crippen LogP contribution < -0.4 is 4.74 Å². The summed E-state index contributed by atoms with van der Waals surface area (Å²) in [4.78, 5) is 16.9. The maximum absolute atomic E-state index is 12.7. The summed E-state index contributed by atoms with van der Waals surface area (Å²) >= 11 is 0. The number of rotatable bonds is 6. The zero-order chi connectivity index (χ0) is 17.5. The van der Waals surface area contributed by atoms with E-state index in [1.165, 1.54) is 0 Å². The Hall–Kier alpha value is -2.60. The average molecular weight is 340 g/mol. The first-order valence-electron chi connectivity index (χ1n) is 8.60. The molecule has 0 radical (unpaired) electrons. The van der Waals surface area contributed by atoms with Crippen molar-refractivity contribution >= 4 is 5.91 Å². The second kappa shape index (κ2) is 8.48. The molecule has 0 unspecified atom stereocenters. The smallest absolute Gasteiger partial charge is 0.274 e. The molecule has 6 heteroatoms. The Morgan fingerprint density at radius 3 is 2.80 bits per heavy atom. The van der Waals surface area contributed by atoms with E-state index >= 15 is 0 Å². The fraction of sp³-hybridized carbons (Fsp3) is 0.368. The lowest BCUT2D eigenvalue weighted by molar-refractivity contribution is 0.0754. The summed E-state index contributed by atoms with van der Waals surface area (Å²) < 4.78 is 7.29. The van der Waals surface area contributed by atoms with Crippen LogP contribution in [-0.4, -0.2) is 58.2 Å². The standard InChI is InChI=1S/C19H24N4O2/c1-2-10-21-11-6-12-22(15-14-21)19(24)18-9-13-23(20-18)16-25-17-7-4-3-5-8-17/h2-5,7-9,13H,1,6,10-12,14-16H2. The summed E-state index contributed by atoms with van der Waals surface area (Å²) in [5.41, 5.74) is 0.467. The molecule has 1 fully saturated rings. The first kappa shape index (κ1) is 17.2. The highest BCUT2D eigenvalue weighted by atomic mass is 16.5. The number of amides is 1. The largest absolute Gasteiger partial charge is 0.471 e. The van der Waals surface area contributed by atoms with Crippen LogP contribution >= 0.6 is 0 Å². The molecule has 2 aromatic rings. The minimum absolute atomic E-state index is 0.0149. The van der Waals surface area contributed by atoms with Gasteiger partial charge in [-0.25, -0.2) is 4.68 Å². The summed E-state index contributed by atoms with van der Waals surface area (Å²) in [6.07, 6.45) is 4.65. The van der Waals surface area contributed by atoms with E-state index in [9.17, 15) is 4.79 Å². The number of aromatic nitrogens is 2. The van der Waals surface area contributed by atoms with Crippen molar-refractivity contribution in [1.82, 2.24) is 19.6 Å². The second-order valence-corrected chi connectivity index (χ2v) is 6.06. The molecule has 1 aliphatic heterocycles. The topological polar surface area (TPSA) is 50.6 Å². The van der Waals surface area contributed by atoms with Crippen molar-refractivity contribution in [2.75, 3.05) is 32.7 Å². The van der Waals surface area contributed by atoms with Crippen LogP contribution in [0.25, 0.3) is 0 Å². The van der Waals surface area contributed by atoms with Gasteiger partial charge in [0.2, 0.25) is 0 Å². The van der Waals surface area contributed by atoms with Crippen molar-refractivity contribution in [1.29, 1.82) is 0 Å². The lowest BCUT2D eigenvalue weighted by atomic mass is 10.3. The zero-order valence-corrected chi connectivity index (χ0v) is 14.4. The molecule has 0 N–H and O–H groups in total. The number of hydrogen-bond acceptors (Lipinski definition) is 4. The summed E-state index contributed by atoms with van der Waals surface area (Å²) in [6.45, 7) is 8.28. The molecule has 2 heterocycles. The Labute approximate surface area is 148 Å². The van der Waals surface area contributed by atoms with Crippen LogP contribution in [0.2, 0.25) is 0 Å². The molecule has 0 spiro atoms. The van der Waals surface area contributed by atoms with Gasteiger partial charge in [0.15, 0.2) is 12.4 Å². The lowest BCUT2D eigenvalue weighted by Gasteiger charge is -2.20. The number of benzene rings is 1. The fourth-order valence-corrected chi connectivity index (χ4v) is 2.91. The molecule has 1 aromatic carbocycles. The van der Waals surface area contributed by atoms with Crippen molar-refractivity contribution in [3.05, 3.63) is 60.9 Å². The summed E-state index contributed by atoms with van der Waals surface area (Å²) in [7, 11) is 0. The molecule has 132 valence electrons. The van der Waals surface area contributed by atoms with E-state index < -0.39 is 0 Å². The maximum atomic E-state index is 12.7. The van der Waals surface area contributed by atoms with Gasteiger partial charge in [-0.15, -0.1) is 6.58 Å². The third-order valence-electron chi connectivity index (χ3n) is 4.23. The molecular weight excluding hydrogens is 316 g/mol. The first-order chi connectivity index (χ1) is 12.3. The summed E-state index contributed by atoms with van der Waals surface area (Å²) in [5, 5.41) is 4.36. The Balaban J connectivity index is 1.56. The van der Waals surface area contributed by atoms with Gasteiger partial charge in [0.1, 0.15) is 5.75 Å². The van der Waals surface area contributed by atoms with E-state index in [1.807, 2.05) is 41.3 Å². The molecule has 0 bridgehead atoms. The van der Waals surface area contributed by atoms with E-state index in [4.69, 9.17) is 4.74 Å². The summed E-state index contributed by atoms with van der Waals surface area (Å²) in [5.74, 6) is 0.764. The Kier molecular flexibility index (Phi) is 5.85. The predicted octanol–water partition coefficient (Wildman–Crippen LogP) is 2.25. The molecule has 0 atom stereocenters. The zero-order valence-electron chi connectivity index (χ0n) is 14.4. The van der Waals surface area contributed by atoms with Crippen molar-refractivity contribution in [3.63, 3.8) is 0 Å². The molecule has 3 rings (SSSR count). The monoisotopic (exact) mass is 340 g/mol. The van der Waals surface area contributed by atoms with Crippen molar-refractivity contribution in [3.8, 4) is 5.75 Å².